The van der Waals surface area contributed by atoms with E-state index in [9.17, 15) is 4.79 Å². The molecule has 1 N–H and O–H groups in total. The van der Waals surface area contributed by atoms with Gasteiger partial charge in [-0.15, -0.1) is 11.8 Å². The van der Waals surface area contributed by atoms with Crippen LogP contribution in [0.3, 0.4) is 0 Å². The number of amides is 1. The van der Waals surface area contributed by atoms with Gasteiger partial charge in [0.2, 0.25) is 5.91 Å². The van der Waals surface area contributed by atoms with Crippen LogP contribution in [0, 0.1) is 0 Å². The predicted octanol–water partition coefficient (Wildman–Crippen LogP) is 0.874. The third-order valence-electron chi connectivity index (χ3n) is 1.03. The summed E-state index contributed by atoms with van der Waals surface area (Å²) in [5.41, 5.74) is 0. The first-order valence-electron chi connectivity index (χ1n) is 3.05. The highest BCUT2D eigenvalue weighted by Gasteiger charge is 2.08. The van der Waals surface area contributed by atoms with Crippen molar-refractivity contribution in [3.8, 4) is 0 Å². The molecule has 0 fully saturated rings. The van der Waals surface area contributed by atoms with Crippen molar-refractivity contribution in [1.29, 1.82) is 0 Å². The summed E-state index contributed by atoms with van der Waals surface area (Å²) < 4.78 is 0. The summed E-state index contributed by atoms with van der Waals surface area (Å²) in [5, 5.41) is 2.69. The molecule has 0 rings (SSSR count). The summed E-state index contributed by atoms with van der Waals surface area (Å²) in [6, 6.07) is 0. The molecule has 54 valence electrons. The highest BCUT2D eigenvalue weighted by molar-refractivity contribution is 8.00. The minimum Gasteiger partial charge on any atom is -0.358 e. The highest BCUT2D eigenvalue weighted by atomic mass is 32.2. The molecule has 0 aromatic heterocycles. The zero-order chi connectivity index (χ0) is 7.28. The Kier molecular flexibility index (Phi) is 4.58. The van der Waals surface area contributed by atoms with Gasteiger partial charge in [0.15, 0.2) is 0 Å². The van der Waals surface area contributed by atoms with E-state index in [1.54, 1.807) is 18.8 Å². The van der Waals surface area contributed by atoms with Crippen LogP contribution in [0.4, 0.5) is 0 Å². The van der Waals surface area contributed by atoms with Crippen molar-refractivity contribution in [2.45, 2.75) is 19.1 Å². The van der Waals surface area contributed by atoms with Gasteiger partial charge >= 0.3 is 0 Å². The molecule has 0 aromatic carbocycles. The second kappa shape index (κ2) is 4.68. The minimum absolute atomic E-state index is 0.0972. The monoisotopic (exact) mass is 147 g/mol. The number of thioether (sulfide) groups is 1. The lowest BCUT2D eigenvalue weighted by Crippen LogP contribution is -2.27. The fraction of sp³-hybridized carbons (Fsp3) is 0.833. The Morgan fingerprint density at radius 1 is 1.78 bits per heavy atom. The van der Waals surface area contributed by atoms with E-state index in [2.05, 4.69) is 5.32 Å². The van der Waals surface area contributed by atoms with Crippen LogP contribution < -0.4 is 5.32 Å². The van der Waals surface area contributed by atoms with E-state index >= 15 is 0 Å². The molecule has 0 bridgehead atoms. The first kappa shape index (κ1) is 8.82. The second-order valence-electron chi connectivity index (χ2n) is 1.71. The van der Waals surface area contributed by atoms with Crippen LogP contribution in [0.15, 0.2) is 0 Å². The van der Waals surface area contributed by atoms with Crippen LogP contribution in [0.1, 0.15) is 13.8 Å². The quantitative estimate of drug-likeness (QED) is 0.642. The Morgan fingerprint density at radius 3 is 2.67 bits per heavy atom. The van der Waals surface area contributed by atoms with Gasteiger partial charge in [-0.3, -0.25) is 4.79 Å². The van der Waals surface area contributed by atoms with E-state index in [0.29, 0.717) is 0 Å². The molecule has 9 heavy (non-hydrogen) atoms. The first-order valence-corrected chi connectivity index (χ1v) is 4.10. The van der Waals surface area contributed by atoms with Crippen LogP contribution in [0.2, 0.25) is 0 Å². The van der Waals surface area contributed by atoms with E-state index in [-0.39, 0.29) is 11.2 Å². The number of carbonyl (C=O) groups is 1. The summed E-state index contributed by atoms with van der Waals surface area (Å²) in [7, 11) is 1.66. The maximum Gasteiger partial charge on any atom is 0.232 e. The number of hydrogen-bond donors (Lipinski definition) is 1. The van der Waals surface area contributed by atoms with Gasteiger partial charge in [-0.25, -0.2) is 0 Å². The molecule has 0 aliphatic rings. The normalized spacial score (nSPS) is 12.8. The molecule has 0 saturated carbocycles. The third kappa shape index (κ3) is 3.40. The Hall–Kier alpha value is -0.180. The van der Waals surface area contributed by atoms with Gasteiger partial charge in [0.25, 0.3) is 0 Å². The molecule has 2 nitrogen and oxygen atoms in total. The molecule has 0 saturated heterocycles. The van der Waals surface area contributed by atoms with Gasteiger partial charge in [0, 0.05) is 7.05 Å². The molecule has 0 heterocycles. The van der Waals surface area contributed by atoms with E-state index in [1.165, 1.54) is 0 Å². The molecule has 0 aliphatic heterocycles. The lowest BCUT2D eigenvalue weighted by atomic mass is 10.4. The maximum atomic E-state index is 10.8. The summed E-state index contributed by atoms with van der Waals surface area (Å²) >= 11 is 1.65. The first-order chi connectivity index (χ1) is 4.22. The lowest BCUT2D eigenvalue weighted by molar-refractivity contribution is -0.119. The molecular weight excluding hydrogens is 134 g/mol. The summed E-state index contributed by atoms with van der Waals surface area (Å²) in [6.07, 6.45) is 0. The van der Waals surface area contributed by atoms with Crippen molar-refractivity contribution >= 4 is 17.7 Å². The Morgan fingerprint density at radius 2 is 2.33 bits per heavy atom. The lowest BCUT2D eigenvalue weighted by Gasteiger charge is -2.05. The van der Waals surface area contributed by atoms with Crippen LogP contribution >= 0.6 is 11.8 Å². The van der Waals surface area contributed by atoms with E-state index < -0.39 is 0 Å². The van der Waals surface area contributed by atoms with E-state index in [0.717, 1.165) is 5.75 Å². The van der Waals surface area contributed by atoms with Gasteiger partial charge in [-0.1, -0.05) is 6.92 Å². The standard InChI is InChI=1S/C6H13NOS/c1-4-9-5(2)6(8)7-3/h5H,4H2,1-3H3,(H,7,8). The van der Waals surface area contributed by atoms with Crippen LogP contribution in [0.25, 0.3) is 0 Å². The average molecular weight is 147 g/mol. The topological polar surface area (TPSA) is 29.1 Å². The van der Waals surface area contributed by atoms with Gasteiger partial charge in [-0.2, -0.15) is 0 Å². The second-order valence-corrected chi connectivity index (χ2v) is 3.33. The molecule has 1 amide bonds. The number of carbonyl (C=O) groups excluding carboxylic acids is 1. The highest BCUT2D eigenvalue weighted by Crippen LogP contribution is 2.08. The zero-order valence-electron chi connectivity index (χ0n) is 6.10. The van der Waals surface area contributed by atoms with Crippen LogP contribution in [-0.2, 0) is 4.79 Å². The Bertz CT molecular complexity index is 95.1. The van der Waals surface area contributed by atoms with Crippen molar-refractivity contribution in [3.05, 3.63) is 0 Å². The third-order valence-corrected chi connectivity index (χ3v) is 2.08. The Balaban J connectivity index is 3.45. The van der Waals surface area contributed by atoms with Gasteiger partial charge in [0.1, 0.15) is 0 Å². The SMILES string of the molecule is CCSC(C)C(=O)NC. The summed E-state index contributed by atoms with van der Waals surface area (Å²) in [5.74, 6) is 1.11. The average Bonchev–Trinajstić information content (AvgIpc) is 1.87. The molecule has 0 aliphatic carbocycles. The molecule has 0 spiro atoms. The maximum absolute atomic E-state index is 10.8. The van der Waals surface area contributed by atoms with E-state index in [4.69, 9.17) is 0 Å². The molecule has 1 unspecified atom stereocenters. The van der Waals surface area contributed by atoms with Crippen molar-refractivity contribution < 1.29 is 4.79 Å². The Labute approximate surface area is 60.4 Å². The fourth-order valence-electron chi connectivity index (χ4n) is 0.529. The smallest absolute Gasteiger partial charge is 0.232 e. The fourth-order valence-corrected chi connectivity index (χ4v) is 1.30. The van der Waals surface area contributed by atoms with Crippen LogP contribution in [-0.4, -0.2) is 24.0 Å². The van der Waals surface area contributed by atoms with Gasteiger partial charge in [-0.05, 0) is 12.7 Å². The predicted molar refractivity (Wildman–Crippen MR) is 41.7 cm³/mol. The van der Waals surface area contributed by atoms with Crippen molar-refractivity contribution in [1.82, 2.24) is 5.32 Å². The summed E-state index contributed by atoms with van der Waals surface area (Å²) in [6.45, 7) is 3.96. The van der Waals surface area contributed by atoms with Gasteiger partial charge in [0.05, 0.1) is 5.25 Å². The zero-order valence-corrected chi connectivity index (χ0v) is 6.92. The van der Waals surface area contributed by atoms with E-state index in [1.807, 2.05) is 13.8 Å². The van der Waals surface area contributed by atoms with Crippen molar-refractivity contribution in [3.63, 3.8) is 0 Å². The van der Waals surface area contributed by atoms with Crippen molar-refractivity contribution in [2.24, 2.45) is 0 Å². The molecule has 0 aromatic rings. The number of hydrogen-bond acceptors (Lipinski definition) is 2. The number of rotatable bonds is 3. The minimum atomic E-state index is 0.0972. The summed E-state index contributed by atoms with van der Waals surface area (Å²) in [4.78, 5) is 10.8. The molecule has 1 atom stereocenters. The molecular formula is C6H13NOS. The number of nitrogens with one attached hydrogen (secondary N) is 1. The largest absolute Gasteiger partial charge is 0.358 e. The van der Waals surface area contributed by atoms with Crippen molar-refractivity contribution in [2.75, 3.05) is 12.8 Å². The molecule has 3 heteroatoms. The molecule has 0 radical (unpaired) electrons. The van der Waals surface area contributed by atoms with Crippen LogP contribution in [0.5, 0.6) is 0 Å². The van der Waals surface area contributed by atoms with Gasteiger partial charge < -0.3 is 5.32 Å².